The van der Waals surface area contributed by atoms with Crippen molar-refractivity contribution in [3.63, 3.8) is 0 Å². The lowest BCUT2D eigenvalue weighted by atomic mass is 9.85. The third kappa shape index (κ3) is 4.22. The van der Waals surface area contributed by atoms with Crippen molar-refractivity contribution in [2.24, 2.45) is 5.41 Å². The number of carbonyl (C=O) groups excluding carboxylic acids is 1. The number of nitrogens with one attached hydrogen (secondary N) is 1. The van der Waals surface area contributed by atoms with E-state index in [-0.39, 0.29) is 23.1 Å². The molecule has 100 valence electrons. The number of benzene rings is 1. The van der Waals surface area contributed by atoms with Crippen LogP contribution in [-0.2, 0) is 0 Å². The van der Waals surface area contributed by atoms with Crippen molar-refractivity contribution in [1.82, 2.24) is 5.32 Å². The van der Waals surface area contributed by atoms with Gasteiger partial charge in [-0.05, 0) is 36.1 Å². The van der Waals surface area contributed by atoms with Gasteiger partial charge in [-0.25, -0.2) is 0 Å². The Kier molecular flexibility index (Phi) is 5.03. The zero-order valence-corrected chi connectivity index (χ0v) is 11.8. The average Bonchev–Trinajstić information content (AvgIpc) is 2.28. The first-order valence-electron chi connectivity index (χ1n) is 6.00. The monoisotopic (exact) mass is 269 g/mol. The van der Waals surface area contributed by atoms with E-state index < -0.39 is 0 Å². The summed E-state index contributed by atoms with van der Waals surface area (Å²) in [7, 11) is 0. The fourth-order valence-electron chi connectivity index (χ4n) is 1.69. The SMILES string of the molecule is CC(C)(C)C(CCCl)NC(=O)c1ccc(O)cc1. The quantitative estimate of drug-likeness (QED) is 0.825. The summed E-state index contributed by atoms with van der Waals surface area (Å²) in [5, 5.41) is 12.2. The smallest absolute Gasteiger partial charge is 0.251 e. The standard InChI is InChI=1S/C14H20ClNO2/c1-14(2,3)12(8-9-15)16-13(18)10-4-6-11(17)7-5-10/h4-7,12,17H,8-9H2,1-3H3,(H,16,18). The maximum atomic E-state index is 12.1. The van der Waals surface area contributed by atoms with Gasteiger partial charge in [-0.1, -0.05) is 20.8 Å². The lowest BCUT2D eigenvalue weighted by Gasteiger charge is -2.31. The molecule has 0 aliphatic heterocycles. The third-order valence-corrected chi connectivity index (χ3v) is 3.10. The summed E-state index contributed by atoms with van der Waals surface area (Å²) in [6, 6.07) is 6.23. The van der Waals surface area contributed by atoms with Crippen molar-refractivity contribution in [3.8, 4) is 5.75 Å². The summed E-state index contributed by atoms with van der Waals surface area (Å²) in [5.74, 6) is 0.525. The fraction of sp³-hybridized carbons (Fsp3) is 0.500. The van der Waals surface area contributed by atoms with Crippen LogP contribution in [0.5, 0.6) is 5.75 Å². The van der Waals surface area contributed by atoms with E-state index in [0.717, 1.165) is 6.42 Å². The molecule has 0 bridgehead atoms. The molecule has 0 heterocycles. The molecule has 1 atom stereocenters. The molecule has 2 N–H and O–H groups in total. The second-order valence-electron chi connectivity index (χ2n) is 5.42. The van der Waals surface area contributed by atoms with Gasteiger partial charge in [0.2, 0.25) is 0 Å². The summed E-state index contributed by atoms with van der Waals surface area (Å²) < 4.78 is 0. The van der Waals surface area contributed by atoms with E-state index in [2.05, 4.69) is 26.1 Å². The number of amides is 1. The van der Waals surface area contributed by atoms with Crippen LogP contribution in [0.3, 0.4) is 0 Å². The molecule has 1 amide bonds. The molecular weight excluding hydrogens is 250 g/mol. The van der Waals surface area contributed by atoms with E-state index in [0.29, 0.717) is 11.4 Å². The van der Waals surface area contributed by atoms with Gasteiger partial charge in [0.15, 0.2) is 0 Å². The summed E-state index contributed by atoms with van der Waals surface area (Å²) in [4.78, 5) is 12.1. The van der Waals surface area contributed by atoms with Crippen LogP contribution in [0.1, 0.15) is 37.6 Å². The van der Waals surface area contributed by atoms with Gasteiger partial charge in [0.25, 0.3) is 5.91 Å². The zero-order chi connectivity index (χ0) is 13.8. The number of rotatable bonds is 4. The first kappa shape index (κ1) is 14.8. The molecule has 3 nitrogen and oxygen atoms in total. The van der Waals surface area contributed by atoms with Gasteiger partial charge in [0.1, 0.15) is 5.75 Å². The molecule has 1 unspecified atom stereocenters. The van der Waals surface area contributed by atoms with Crippen molar-refractivity contribution in [1.29, 1.82) is 0 Å². The Morgan fingerprint density at radius 2 is 1.89 bits per heavy atom. The van der Waals surface area contributed by atoms with Gasteiger partial charge in [0.05, 0.1) is 0 Å². The second kappa shape index (κ2) is 6.10. The van der Waals surface area contributed by atoms with E-state index in [9.17, 15) is 9.90 Å². The molecule has 0 aliphatic rings. The lowest BCUT2D eigenvalue weighted by Crippen LogP contribution is -2.44. The second-order valence-corrected chi connectivity index (χ2v) is 5.79. The van der Waals surface area contributed by atoms with E-state index in [1.165, 1.54) is 12.1 Å². The van der Waals surface area contributed by atoms with Gasteiger partial charge in [-0.15, -0.1) is 11.6 Å². The molecule has 0 radical (unpaired) electrons. The van der Waals surface area contributed by atoms with Crippen LogP contribution in [0.25, 0.3) is 0 Å². The topological polar surface area (TPSA) is 49.3 Å². The highest BCUT2D eigenvalue weighted by Gasteiger charge is 2.25. The molecular formula is C14H20ClNO2. The van der Waals surface area contributed by atoms with Gasteiger partial charge >= 0.3 is 0 Å². The Balaban J connectivity index is 2.75. The molecule has 0 saturated heterocycles. The van der Waals surface area contributed by atoms with Crippen molar-refractivity contribution in [2.75, 3.05) is 5.88 Å². The summed E-state index contributed by atoms with van der Waals surface area (Å²) in [6.45, 7) is 6.21. The Labute approximate surface area is 113 Å². The minimum Gasteiger partial charge on any atom is -0.508 e. The first-order chi connectivity index (χ1) is 8.34. The van der Waals surface area contributed by atoms with E-state index in [1.54, 1.807) is 12.1 Å². The largest absolute Gasteiger partial charge is 0.508 e. The van der Waals surface area contributed by atoms with Gasteiger partial charge in [-0.2, -0.15) is 0 Å². The highest BCUT2D eigenvalue weighted by atomic mass is 35.5. The fourth-order valence-corrected chi connectivity index (χ4v) is 1.90. The summed E-state index contributed by atoms with van der Waals surface area (Å²) in [5.41, 5.74) is 0.498. The lowest BCUT2D eigenvalue weighted by molar-refractivity contribution is 0.0900. The van der Waals surface area contributed by atoms with Crippen LogP contribution in [0.2, 0.25) is 0 Å². The number of aromatic hydroxyl groups is 1. The summed E-state index contributed by atoms with van der Waals surface area (Å²) in [6.07, 6.45) is 0.731. The molecule has 0 aromatic heterocycles. The van der Waals surface area contributed by atoms with Crippen LogP contribution in [0, 0.1) is 5.41 Å². The number of carbonyl (C=O) groups is 1. The Morgan fingerprint density at radius 1 is 1.33 bits per heavy atom. The molecule has 0 fully saturated rings. The van der Waals surface area contributed by atoms with Crippen molar-refractivity contribution in [3.05, 3.63) is 29.8 Å². The molecule has 1 aromatic rings. The minimum absolute atomic E-state index is 0.0244. The number of hydrogen-bond donors (Lipinski definition) is 2. The molecule has 4 heteroatoms. The van der Waals surface area contributed by atoms with Gasteiger partial charge in [0, 0.05) is 17.5 Å². The Hall–Kier alpha value is -1.22. The molecule has 0 aliphatic carbocycles. The number of halogens is 1. The average molecular weight is 270 g/mol. The predicted molar refractivity (Wildman–Crippen MR) is 74.2 cm³/mol. The van der Waals surface area contributed by atoms with Crippen LogP contribution in [0.4, 0.5) is 0 Å². The van der Waals surface area contributed by atoms with Crippen LogP contribution in [-0.4, -0.2) is 22.9 Å². The third-order valence-electron chi connectivity index (χ3n) is 2.88. The molecule has 18 heavy (non-hydrogen) atoms. The predicted octanol–water partition coefficient (Wildman–Crippen LogP) is 3.17. The normalized spacial score (nSPS) is 13.1. The highest BCUT2D eigenvalue weighted by Crippen LogP contribution is 2.22. The van der Waals surface area contributed by atoms with Gasteiger partial charge < -0.3 is 10.4 Å². The van der Waals surface area contributed by atoms with E-state index >= 15 is 0 Å². The molecule has 0 spiro atoms. The molecule has 0 saturated carbocycles. The van der Waals surface area contributed by atoms with Crippen molar-refractivity contribution >= 4 is 17.5 Å². The number of phenolic OH excluding ortho intramolecular Hbond substituents is 1. The zero-order valence-electron chi connectivity index (χ0n) is 11.0. The van der Waals surface area contributed by atoms with Gasteiger partial charge in [-0.3, -0.25) is 4.79 Å². The first-order valence-corrected chi connectivity index (χ1v) is 6.54. The minimum atomic E-state index is -0.139. The summed E-state index contributed by atoms with van der Waals surface area (Å²) >= 11 is 5.77. The maximum absolute atomic E-state index is 12.1. The Morgan fingerprint density at radius 3 is 2.33 bits per heavy atom. The number of alkyl halides is 1. The maximum Gasteiger partial charge on any atom is 0.251 e. The van der Waals surface area contributed by atoms with E-state index in [1.807, 2.05) is 0 Å². The molecule has 1 aromatic carbocycles. The highest BCUT2D eigenvalue weighted by molar-refractivity contribution is 6.17. The van der Waals surface area contributed by atoms with Crippen molar-refractivity contribution < 1.29 is 9.90 Å². The van der Waals surface area contributed by atoms with E-state index in [4.69, 9.17) is 11.6 Å². The van der Waals surface area contributed by atoms with Crippen LogP contribution < -0.4 is 5.32 Å². The number of phenols is 1. The van der Waals surface area contributed by atoms with Crippen LogP contribution >= 0.6 is 11.6 Å². The number of hydrogen-bond acceptors (Lipinski definition) is 2. The molecule has 1 rings (SSSR count). The van der Waals surface area contributed by atoms with Crippen molar-refractivity contribution in [2.45, 2.75) is 33.2 Å². The Bertz CT molecular complexity index is 395. The van der Waals surface area contributed by atoms with Crippen LogP contribution in [0.15, 0.2) is 24.3 Å².